The van der Waals surface area contributed by atoms with Crippen LogP contribution in [0.1, 0.15) is 56.8 Å². The molecule has 4 rings (SSSR count). The summed E-state index contributed by atoms with van der Waals surface area (Å²) in [6, 6.07) is 18.8. The molecule has 43 heavy (non-hydrogen) atoms. The first-order chi connectivity index (χ1) is 20.3. The molecule has 3 amide bonds. The maximum Gasteiger partial charge on any atom is 0.408 e. The van der Waals surface area contributed by atoms with Crippen molar-refractivity contribution in [2.24, 2.45) is 5.92 Å². The SMILES string of the molecule is COc1ccc(NC(=O)C(c2ccc(C)cc2)N(C(=O)C(Cc2ccc(O)cc2)NC(=O)OC(C)(C)C)C2CC2C)cc1. The third-order valence-electron chi connectivity index (χ3n) is 7.32. The molecular formula is C34H41N3O6. The van der Waals surface area contributed by atoms with Gasteiger partial charge < -0.3 is 30.1 Å². The van der Waals surface area contributed by atoms with E-state index in [4.69, 9.17) is 9.47 Å². The molecule has 9 heteroatoms. The number of carbonyl (C=O) groups excluding carboxylic acids is 3. The molecule has 0 bridgehead atoms. The van der Waals surface area contributed by atoms with Crippen LogP contribution in [-0.2, 0) is 20.7 Å². The Kier molecular flexibility index (Phi) is 9.63. The molecule has 1 aliphatic carbocycles. The number of methoxy groups -OCH3 is 1. The molecule has 1 fully saturated rings. The van der Waals surface area contributed by atoms with Gasteiger partial charge in [-0.25, -0.2) is 4.79 Å². The van der Waals surface area contributed by atoms with Gasteiger partial charge in [0.15, 0.2) is 0 Å². The summed E-state index contributed by atoms with van der Waals surface area (Å²) < 4.78 is 10.7. The van der Waals surface area contributed by atoms with Crippen LogP contribution in [0.2, 0.25) is 0 Å². The van der Waals surface area contributed by atoms with Crippen LogP contribution < -0.4 is 15.4 Å². The lowest BCUT2D eigenvalue weighted by Crippen LogP contribution is -2.54. The Labute approximate surface area is 253 Å². The third-order valence-corrected chi connectivity index (χ3v) is 7.32. The Bertz CT molecular complexity index is 1410. The molecule has 3 aromatic carbocycles. The number of nitrogens with one attached hydrogen (secondary N) is 2. The summed E-state index contributed by atoms with van der Waals surface area (Å²) in [6.07, 6.45) is 0.127. The number of hydrogen-bond acceptors (Lipinski definition) is 6. The molecule has 0 aliphatic heterocycles. The summed E-state index contributed by atoms with van der Waals surface area (Å²) >= 11 is 0. The minimum atomic E-state index is -1.03. The maximum atomic E-state index is 14.6. The Morgan fingerprint density at radius 1 is 0.977 bits per heavy atom. The van der Waals surface area contributed by atoms with Crippen LogP contribution in [0.15, 0.2) is 72.8 Å². The second-order valence-electron chi connectivity index (χ2n) is 12.1. The van der Waals surface area contributed by atoms with Gasteiger partial charge in [0, 0.05) is 18.2 Å². The van der Waals surface area contributed by atoms with Crippen LogP contribution in [0.5, 0.6) is 11.5 Å². The number of aromatic hydroxyl groups is 1. The fraction of sp³-hybridized carbons (Fsp3) is 0.382. The molecule has 3 aromatic rings. The largest absolute Gasteiger partial charge is 0.508 e. The number of hydrogen-bond donors (Lipinski definition) is 3. The molecule has 4 atom stereocenters. The van der Waals surface area contributed by atoms with E-state index in [1.165, 1.54) is 12.1 Å². The monoisotopic (exact) mass is 587 g/mol. The minimum Gasteiger partial charge on any atom is -0.508 e. The van der Waals surface area contributed by atoms with E-state index in [-0.39, 0.29) is 30.0 Å². The molecule has 0 saturated heterocycles. The third kappa shape index (κ3) is 8.50. The summed E-state index contributed by atoms with van der Waals surface area (Å²) in [6.45, 7) is 9.24. The van der Waals surface area contributed by atoms with Gasteiger partial charge in [-0.3, -0.25) is 9.59 Å². The first-order valence-corrected chi connectivity index (χ1v) is 14.5. The fourth-order valence-electron chi connectivity index (χ4n) is 4.94. The van der Waals surface area contributed by atoms with E-state index < -0.39 is 29.7 Å². The van der Waals surface area contributed by atoms with Crippen molar-refractivity contribution < 1.29 is 29.0 Å². The van der Waals surface area contributed by atoms with Crippen molar-refractivity contribution in [2.75, 3.05) is 12.4 Å². The highest BCUT2D eigenvalue weighted by Gasteiger charge is 2.48. The Morgan fingerprint density at radius 3 is 2.12 bits per heavy atom. The molecule has 3 N–H and O–H groups in total. The fourth-order valence-corrected chi connectivity index (χ4v) is 4.94. The van der Waals surface area contributed by atoms with Gasteiger partial charge in [-0.2, -0.15) is 0 Å². The molecule has 0 aromatic heterocycles. The predicted molar refractivity (Wildman–Crippen MR) is 165 cm³/mol. The number of ether oxygens (including phenoxy) is 2. The number of rotatable bonds is 10. The highest BCUT2D eigenvalue weighted by atomic mass is 16.6. The van der Waals surface area contributed by atoms with E-state index in [9.17, 15) is 19.5 Å². The molecule has 0 radical (unpaired) electrons. The van der Waals surface area contributed by atoms with E-state index in [2.05, 4.69) is 10.6 Å². The van der Waals surface area contributed by atoms with E-state index in [1.54, 1.807) is 69.2 Å². The Morgan fingerprint density at radius 2 is 1.58 bits per heavy atom. The van der Waals surface area contributed by atoms with Crippen LogP contribution in [0.25, 0.3) is 0 Å². The van der Waals surface area contributed by atoms with Crippen molar-refractivity contribution in [1.82, 2.24) is 10.2 Å². The number of amides is 3. The van der Waals surface area contributed by atoms with Crippen LogP contribution >= 0.6 is 0 Å². The van der Waals surface area contributed by atoms with Gasteiger partial charge in [0.25, 0.3) is 5.91 Å². The molecule has 1 saturated carbocycles. The number of nitrogens with zero attached hydrogens (tertiary/aromatic N) is 1. The average molecular weight is 588 g/mol. The smallest absolute Gasteiger partial charge is 0.408 e. The van der Waals surface area contributed by atoms with Gasteiger partial charge in [0.1, 0.15) is 29.2 Å². The number of benzene rings is 3. The van der Waals surface area contributed by atoms with Gasteiger partial charge in [0.05, 0.1) is 7.11 Å². The molecule has 4 unspecified atom stereocenters. The molecule has 1 aliphatic rings. The summed E-state index contributed by atoms with van der Waals surface area (Å²) in [4.78, 5) is 43.2. The summed E-state index contributed by atoms with van der Waals surface area (Å²) in [5, 5.41) is 15.5. The normalized spacial score (nSPS) is 17.3. The summed E-state index contributed by atoms with van der Waals surface area (Å²) in [5.41, 5.74) is 2.19. The predicted octanol–water partition coefficient (Wildman–Crippen LogP) is 5.76. The quantitative estimate of drug-likeness (QED) is 0.278. The zero-order valence-electron chi connectivity index (χ0n) is 25.6. The van der Waals surface area contributed by atoms with Crippen molar-refractivity contribution in [3.05, 3.63) is 89.5 Å². The highest BCUT2D eigenvalue weighted by Crippen LogP contribution is 2.41. The molecule has 228 valence electrons. The van der Waals surface area contributed by atoms with Gasteiger partial charge >= 0.3 is 6.09 Å². The molecule has 0 spiro atoms. The molecule has 9 nitrogen and oxygen atoms in total. The summed E-state index contributed by atoms with van der Waals surface area (Å²) in [5.74, 6) is 0.143. The van der Waals surface area contributed by atoms with Crippen molar-refractivity contribution in [3.8, 4) is 11.5 Å². The first kappa shape index (κ1) is 31.4. The number of aryl methyl sites for hydroxylation is 1. The second-order valence-corrected chi connectivity index (χ2v) is 12.1. The van der Waals surface area contributed by atoms with Gasteiger partial charge in [0.2, 0.25) is 5.91 Å². The van der Waals surface area contributed by atoms with Crippen LogP contribution in [0, 0.1) is 12.8 Å². The Balaban J connectivity index is 1.73. The maximum absolute atomic E-state index is 14.6. The second kappa shape index (κ2) is 13.2. The Hall–Kier alpha value is -4.53. The van der Waals surface area contributed by atoms with Crippen LogP contribution in [0.3, 0.4) is 0 Å². The lowest BCUT2D eigenvalue weighted by atomic mass is 9.99. The van der Waals surface area contributed by atoms with E-state index in [0.29, 0.717) is 17.0 Å². The van der Waals surface area contributed by atoms with Crippen molar-refractivity contribution in [2.45, 2.75) is 71.2 Å². The lowest BCUT2D eigenvalue weighted by Gasteiger charge is -2.35. The topological polar surface area (TPSA) is 117 Å². The van der Waals surface area contributed by atoms with Gasteiger partial charge in [-0.05, 0) is 87.6 Å². The molecular weight excluding hydrogens is 546 g/mol. The average Bonchev–Trinajstić information content (AvgIpc) is 3.67. The van der Waals surface area contributed by atoms with Crippen molar-refractivity contribution >= 4 is 23.6 Å². The first-order valence-electron chi connectivity index (χ1n) is 14.5. The lowest BCUT2D eigenvalue weighted by molar-refractivity contribution is -0.141. The highest BCUT2D eigenvalue weighted by molar-refractivity contribution is 5.99. The number of alkyl carbamates (subject to hydrolysis) is 1. The van der Waals surface area contributed by atoms with Gasteiger partial charge in [-0.1, -0.05) is 48.9 Å². The summed E-state index contributed by atoms with van der Waals surface area (Å²) in [7, 11) is 1.57. The van der Waals surface area contributed by atoms with Gasteiger partial charge in [-0.15, -0.1) is 0 Å². The van der Waals surface area contributed by atoms with Crippen molar-refractivity contribution in [1.29, 1.82) is 0 Å². The zero-order valence-corrected chi connectivity index (χ0v) is 25.6. The number of phenolic OH excluding ortho intramolecular Hbond substituents is 1. The number of phenols is 1. The van der Waals surface area contributed by atoms with Crippen LogP contribution in [0.4, 0.5) is 10.5 Å². The minimum absolute atomic E-state index is 0.0924. The molecule has 0 heterocycles. The number of carbonyl (C=O) groups is 3. The van der Waals surface area contributed by atoms with Crippen LogP contribution in [-0.4, -0.2) is 52.7 Å². The van der Waals surface area contributed by atoms with Crippen molar-refractivity contribution in [3.63, 3.8) is 0 Å². The van der Waals surface area contributed by atoms with E-state index >= 15 is 0 Å². The number of anilines is 1. The van der Waals surface area contributed by atoms with E-state index in [0.717, 1.165) is 17.5 Å². The standard InChI is InChI=1S/C34H41N3O6/c1-21-7-11-24(12-8-21)30(31(39)35-25-13-17-27(42-6)18-14-25)37(29-19-22(29)2)32(40)28(36-33(41)43-34(3,4)5)20-23-9-15-26(38)16-10-23/h7-18,22,28-30,38H,19-20H2,1-6H3,(H,35,39)(H,36,41). The zero-order chi connectivity index (χ0) is 31.3. The van der Waals surface area contributed by atoms with E-state index in [1.807, 2.05) is 38.1 Å².